The maximum Gasteiger partial charge on any atom is 0.246 e. The van der Waals surface area contributed by atoms with Gasteiger partial charge in [-0.2, -0.15) is 4.98 Å². The number of rotatable bonds is 7. The first-order chi connectivity index (χ1) is 10.6. The molecule has 2 heterocycles. The lowest BCUT2D eigenvalue weighted by atomic mass is 10.1. The van der Waals surface area contributed by atoms with E-state index < -0.39 is 6.04 Å². The molecule has 0 bridgehead atoms. The van der Waals surface area contributed by atoms with Crippen molar-refractivity contribution in [1.82, 2.24) is 19.9 Å². The van der Waals surface area contributed by atoms with E-state index in [1.807, 2.05) is 6.92 Å². The Kier molecular flexibility index (Phi) is 5.48. The molecule has 1 atom stereocenters. The van der Waals surface area contributed by atoms with Crippen LogP contribution >= 0.6 is 0 Å². The van der Waals surface area contributed by atoms with Crippen molar-refractivity contribution in [1.29, 1.82) is 0 Å². The van der Waals surface area contributed by atoms with Crippen LogP contribution in [0.15, 0.2) is 4.52 Å². The zero-order chi connectivity index (χ0) is 16.1. The van der Waals surface area contributed by atoms with Gasteiger partial charge < -0.3 is 19.1 Å². The monoisotopic (exact) mass is 310 g/mol. The van der Waals surface area contributed by atoms with Crippen LogP contribution < -0.4 is 0 Å². The van der Waals surface area contributed by atoms with E-state index in [1.165, 1.54) is 4.90 Å². The van der Waals surface area contributed by atoms with Crippen molar-refractivity contribution in [3.05, 3.63) is 11.7 Å². The van der Waals surface area contributed by atoms with Gasteiger partial charge in [-0.1, -0.05) is 12.1 Å². The molecule has 1 saturated heterocycles. The highest BCUT2D eigenvalue weighted by molar-refractivity contribution is 5.94. The zero-order valence-corrected chi connectivity index (χ0v) is 13.2. The van der Waals surface area contributed by atoms with Crippen LogP contribution in [0.2, 0.25) is 0 Å². The number of hydrogen-bond acceptors (Lipinski definition) is 6. The van der Waals surface area contributed by atoms with Crippen LogP contribution in [0.5, 0.6) is 0 Å². The van der Waals surface area contributed by atoms with Crippen LogP contribution in [0, 0.1) is 0 Å². The van der Waals surface area contributed by atoms with Crippen molar-refractivity contribution >= 4 is 11.8 Å². The summed E-state index contributed by atoms with van der Waals surface area (Å²) in [6, 6.07) is -0.512. The molecule has 1 fully saturated rings. The normalized spacial score (nSPS) is 19.1. The fraction of sp³-hybridized carbons (Fsp3) is 0.714. The minimum absolute atomic E-state index is 0.0411. The van der Waals surface area contributed by atoms with Gasteiger partial charge in [0.25, 0.3) is 0 Å². The summed E-state index contributed by atoms with van der Waals surface area (Å²) in [5, 5.41) is 3.83. The molecule has 1 aromatic rings. The third kappa shape index (κ3) is 3.62. The van der Waals surface area contributed by atoms with E-state index in [9.17, 15) is 9.59 Å². The lowest BCUT2D eigenvalue weighted by Crippen LogP contribution is -2.58. The predicted molar refractivity (Wildman–Crippen MR) is 76.8 cm³/mol. The van der Waals surface area contributed by atoms with Crippen LogP contribution in [-0.2, 0) is 27.3 Å². The molecule has 122 valence electrons. The van der Waals surface area contributed by atoms with Crippen LogP contribution in [-0.4, -0.2) is 64.6 Å². The molecule has 0 N–H and O–H groups in total. The molecule has 0 unspecified atom stereocenters. The first-order valence-corrected chi connectivity index (χ1v) is 7.45. The van der Waals surface area contributed by atoms with Crippen LogP contribution in [0.4, 0.5) is 0 Å². The summed E-state index contributed by atoms with van der Waals surface area (Å²) in [5.41, 5.74) is 0. The van der Waals surface area contributed by atoms with E-state index in [0.29, 0.717) is 31.3 Å². The van der Waals surface area contributed by atoms with E-state index >= 15 is 0 Å². The number of methoxy groups -OCH3 is 1. The molecular formula is C14H22N4O4. The number of nitrogens with zero attached hydrogens (tertiary/aromatic N) is 4. The summed E-state index contributed by atoms with van der Waals surface area (Å²) in [6.45, 7) is 5.08. The summed E-state index contributed by atoms with van der Waals surface area (Å²) < 4.78 is 10.1. The first kappa shape index (κ1) is 16.4. The number of carbonyl (C=O) groups is 2. The SMILES string of the molecule is CCCN1CC(=O)N(Cc2nc(CCOC)no2)[C@@H](C)C1=O. The minimum Gasteiger partial charge on any atom is -0.384 e. The summed E-state index contributed by atoms with van der Waals surface area (Å²) in [4.78, 5) is 31.8. The molecule has 2 rings (SSSR count). The van der Waals surface area contributed by atoms with Crippen molar-refractivity contribution in [2.24, 2.45) is 0 Å². The Bertz CT molecular complexity index is 531. The predicted octanol–water partition coefficient (Wildman–Crippen LogP) is 0.228. The summed E-state index contributed by atoms with van der Waals surface area (Å²) in [5.74, 6) is 0.730. The number of ether oxygens (including phenoxy) is 1. The smallest absolute Gasteiger partial charge is 0.246 e. The molecule has 0 saturated carbocycles. The van der Waals surface area contributed by atoms with Crippen molar-refractivity contribution in [3.8, 4) is 0 Å². The second-order valence-electron chi connectivity index (χ2n) is 5.30. The zero-order valence-electron chi connectivity index (χ0n) is 13.2. The maximum atomic E-state index is 12.3. The Morgan fingerprint density at radius 3 is 2.86 bits per heavy atom. The quantitative estimate of drug-likeness (QED) is 0.716. The number of amides is 2. The second kappa shape index (κ2) is 7.35. The van der Waals surface area contributed by atoms with Crippen molar-refractivity contribution in [2.75, 3.05) is 26.8 Å². The molecule has 22 heavy (non-hydrogen) atoms. The maximum absolute atomic E-state index is 12.3. The van der Waals surface area contributed by atoms with Gasteiger partial charge in [0.2, 0.25) is 17.7 Å². The fourth-order valence-corrected chi connectivity index (χ4v) is 2.42. The third-order valence-corrected chi connectivity index (χ3v) is 3.62. The largest absolute Gasteiger partial charge is 0.384 e. The molecule has 0 aromatic carbocycles. The Morgan fingerprint density at radius 2 is 2.18 bits per heavy atom. The van der Waals surface area contributed by atoms with E-state index in [1.54, 1.807) is 18.9 Å². The lowest BCUT2D eigenvalue weighted by Gasteiger charge is -2.37. The molecule has 8 nitrogen and oxygen atoms in total. The molecule has 1 aliphatic rings. The number of hydrogen-bond donors (Lipinski definition) is 0. The molecule has 8 heteroatoms. The average Bonchev–Trinajstić information content (AvgIpc) is 2.95. The van der Waals surface area contributed by atoms with Crippen LogP contribution in [0.3, 0.4) is 0 Å². The molecule has 0 radical (unpaired) electrons. The fourth-order valence-electron chi connectivity index (χ4n) is 2.42. The van der Waals surface area contributed by atoms with Gasteiger partial charge in [0.05, 0.1) is 13.2 Å². The highest BCUT2D eigenvalue weighted by Gasteiger charge is 2.36. The van der Waals surface area contributed by atoms with Crippen molar-refractivity contribution in [2.45, 2.75) is 39.3 Å². The average molecular weight is 310 g/mol. The lowest BCUT2D eigenvalue weighted by molar-refractivity contribution is -0.156. The van der Waals surface area contributed by atoms with Gasteiger partial charge in [0.1, 0.15) is 12.6 Å². The van der Waals surface area contributed by atoms with Gasteiger partial charge >= 0.3 is 0 Å². The molecule has 1 aromatic heterocycles. The van der Waals surface area contributed by atoms with Gasteiger partial charge in [0.15, 0.2) is 5.82 Å². The number of aromatic nitrogens is 2. The van der Waals surface area contributed by atoms with Gasteiger partial charge in [-0.05, 0) is 13.3 Å². The summed E-state index contributed by atoms with van der Waals surface area (Å²) >= 11 is 0. The Morgan fingerprint density at radius 1 is 1.41 bits per heavy atom. The molecule has 0 aliphatic carbocycles. The first-order valence-electron chi connectivity index (χ1n) is 7.45. The van der Waals surface area contributed by atoms with Crippen LogP contribution in [0.1, 0.15) is 32.0 Å². The standard InChI is InChI=1S/C14H22N4O4/c1-4-6-17-9-13(19)18(10(2)14(17)20)8-12-15-11(16-22-12)5-7-21-3/h10H,4-9H2,1-3H3/t10-/m0/s1. The molecule has 1 aliphatic heterocycles. The highest BCUT2D eigenvalue weighted by Crippen LogP contribution is 2.16. The van der Waals surface area contributed by atoms with Gasteiger partial charge in [-0.3, -0.25) is 9.59 Å². The molecule has 0 spiro atoms. The summed E-state index contributed by atoms with van der Waals surface area (Å²) in [6.07, 6.45) is 1.38. The molecular weight excluding hydrogens is 288 g/mol. The van der Waals surface area contributed by atoms with E-state index in [4.69, 9.17) is 9.26 Å². The van der Waals surface area contributed by atoms with Gasteiger partial charge in [-0.25, -0.2) is 0 Å². The number of piperazine rings is 1. The second-order valence-corrected chi connectivity index (χ2v) is 5.30. The van der Waals surface area contributed by atoms with Crippen LogP contribution in [0.25, 0.3) is 0 Å². The minimum atomic E-state index is -0.512. The van der Waals surface area contributed by atoms with Crippen molar-refractivity contribution in [3.63, 3.8) is 0 Å². The van der Waals surface area contributed by atoms with Gasteiger partial charge in [0, 0.05) is 20.1 Å². The Hall–Kier alpha value is -1.96. The Labute approximate surface area is 129 Å². The van der Waals surface area contributed by atoms with E-state index in [2.05, 4.69) is 10.1 Å². The molecule has 2 amide bonds. The number of carbonyl (C=O) groups excluding carboxylic acids is 2. The van der Waals surface area contributed by atoms with Gasteiger partial charge in [-0.15, -0.1) is 0 Å². The van der Waals surface area contributed by atoms with E-state index in [-0.39, 0.29) is 24.9 Å². The van der Waals surface area contributed by atoms with E-state index in [0.717, 1.165) is 6.42 Å². The summed E-state index contributed by atoms with van der Waals surface area (Å²) in [7, 11) is 1.60. The third-order valence-electron chi connectivity index (χ3n) is 3.62. The highest BCUT2D eigenvalue weighted by atomic mass is 16.5. The topological polar surface area (TPSA) is 88.8 Å². The van der Waals surface area contributed by atoms with Crippen molar-refractivity contribution < 1.29 is 18.8 Å². The Balaban J connectivity index is 2.01.